The van der Waals surface area contributed by atoms with Crippen molar-refractivity contribution in [2.24, 2.45) is 0 Å². The highest BCUT2D eigenvalue weighted by Gasteiger charge is 2.10. The van der Waals surface area contributed by atoms with Crippen LogP contribution in [0, 0.1) is 0 Å². The van der Waals surface area contributed by atoms with Crippen molar-refractivity contribution >= 4 is 45.1 Å². The number of amides is 2. The molecule has 2 aromatic rings. The Bertz CT molecular complexity index is 804. The fraction of sp³-hybridized carbons (Fsp3) is 0.286. The predicted molar refractivity (Wildman–Crippen MR) is 112 cm³/mol. The number of carbonyl (C=O) groups excluding carboxylic acids is 3. The van der Waals surface area contributed by atoms with Gasteiger partial charge in [0.25, 0.3) is 5.91 Å². The Balaban J connectivity index is 1.61. The van der Waals surface area contributed by atoms with Gasteiger partial charge >= 0.3 is 5.97 Å². The second kappa shape index (κ2) is 11.2. The molecule has 0 fully saturated rings. The Morgan fingerprint density at radius 1 is 0.857 bits per heavy atom. The summed E-state index contributed by atoms with van der Waals surface area (Å²) in [7, 11) is 0. The molecule has 2 amide bonds. The Morgan fingerprint density at radius 2 is 1.43 bits per heavy atom. The van der Waals surface area contributed by atoms with Crippen molar-refractivity contribution in [1.29, 1.82) is 0 Å². The maximum atomic E-state index is 11.9. The van der Waals surface area contributed by atoms with Gasteiger partial charge in [-0.1, -0.05) is 35.0 Å². The molecule has 7 heteroatoms. The average Bonchev–Trinajstić information content (AvgIpc) is 2.69. The first kappa shape index (κ1) is 21.6. The number of nitrogens with one attached hydrogen (secondary N) is 2. The first-order valence-electron chi connectivity index (χ1n) is 9.06. The zero-order valence-electron chi connectivity index (χ0n) is 15.7. The van der Waals surface area contributed by atoms with Crippen LogP contribution in [0.5, 0.6) is 0 Å². The summed E-state index contributed by atoms with van der Waals surface area (Å²) < 4.78 is 5.87. The third kappa shape index (κ3) is 7.92. The Hall–Kier alpha value is -2.67. The molecule has 0 aliphatic rings. The number of hydrogen-bond donors (Lipinski definition) is 2. The molecule has 148 valence electrons. The van der Waals surface area contributed by atoms with Crippen LogP contribution >= 0.6 is 15.9 Å². The summed E-state index contributed by atoms with van der Waals surface area (Å²) in [6, 6.07) is 14.7. The van der Waals surface area contributed by atoms with Crippen molar-refractivity contribution < 1.29 is 19.1 Å². The lowest BCUT2D eigenvalue weighted by Crippen LogP contribution is -2.21. The summed E-state index contributed by atoms with van der Waals surface area (Å²) in [5.74, 6) is -1.08. The normalized spacial score (nSPS) is 10.2. The molecule has 28 heavy (non-hydrogen) atoms. The van der Waals surface area contributed by atoms with E-state index >= 15 is 0 Å². The highest BCUT2D eigenvalue weighted by molar-refractivity contribution is 9.10. The molecule has 2 N–H and O–H groups in total. The van der Waals surface area contributed by atoms with E-state index in [4.69, 9.17) is 4.74 Å². The summed E-state index contributed by atoms with van der Waals surface area (Å²) >= 11 is 3.33. The van der Waals surface area contributed by atoms with Gasteiger partial charge in [-0.2, -0.15) is 0 Å². The van der Waals surface area contributed by atoms with Gasteiger partial charge in [0, 0.05) is 28.7 Å². The largest absolute Gasteiger partial charge is 0.456 e. The highest BCUT2D eigenvalue weighted by atomic mass is 79.9. The van der Waals surface area contributed by atoms with E-state index in [9.17, 15) is 14.4 Å². The van der Waals surface area contributed by atoms with Crippen LogP contribution in [0.4, 0.5) is 11.4 Å². The first-order valence-corrected chi connectivity index (χ1v) is 9.85. The number of rotatable bonds is 9. The monoisotopic (exact) mass is 446 g/mol. The molecule has 0 spiro atoms. The summed E-state index contributed by atoms with van der Waals surface area (Å²) in [5.41, 5.74) is 2.52. The molecule has 0 aliphatic carbocycles. The number of ether oxygens (including phenoxy) is 1. The maximum Gasteiger partial charge on any atom is 0.306 e. The second-order valence-corrected chi connectivity index (χ2v) is 7.08. The van der Waals surface area contributed by atoms with E-state index in [0.29, 0.717) is 17.8 Å². The van der Waals surface area contributed by atoms with E-state index in [1.54, 1.807) is 12.1 Å². The van der Waals surface area contributed by atoms with Gasteiger partial charge in [-0.25, -0.2) is 0 Å². The van der Waals surface area contributed by atoms with Crippen molar-refractivity contribution in [3.05, 3.63) is 58.6 Å². The van der Waals surface area contributed by atoms with Crippen molar-refractivity contribution in [1.82, 2.24) is 0 Å². The number of esters is 1. The highest BCUT2D eigenvalue weighted by Crippen LogP contribution is 2.14. The van der Waals surface area contributed by atoms with E-state index < -0.39 is 11.9 Å². The molecule has 0 saturated heterocycles. The van der Waals surface area contributed by atoms with Gasteiger partial charge in [0.1, 0.15) is 0 Å². The van der Waals surface area contributed by atoms with Crippen LogP contribution in [0.2, 0.25) is 0 Å². The molecule has 0 aliphatic heterocycles. The molecule has 2 aromatic carbocycles. The van der Waals surface area contributed by atoms with Gasteiger partial charge < -0.3 is 15.4 Å². The zero-order valence-corrected chi connectivity index (χ0v) is 17.3. The van der Waals surface area contributed by atoms with Crippen molar-refractivity contribution in [3.63, 3.8) is 0 Å². The average molecular weight is 447 g/mol. The first-order chi connectivity index (χ1) is 13.5. The number of halogens is 1. The lowest BCUT2D eigenvalue weighted by molar-refractivity contribution is -0.147. The molecule has 0 unspecified atom stereocenters. The van der Waals surface area contributed by atoms with Crippen LogP contribution in [0.25, 0.3) is 0 Å². The van der Waals surface area contributed by atoms with Crippen LogP contribution in [-0.2, 0) is 25.5 Å². The lowest BCUT2D eigenvalue weighted by atomic mass is 10.1. The van der Waals surface area contributed by atoms with E-state index in [2.05, 4.69) is 33.5 Å². The van der Waals surface area contributed by atoms with Gasteiger partial charge in [0.05, 0.1) is 0 Å². The van der Waals surface area contributed by atoms with Gasteiger partial charge in [0.2, 0.25) is 5.91 Å². The van der Waals surface area contributed by atoms with Crippen LogP contribution < -0.4 is 10.6 Å². The summed E-state index contributed by atoms with van der Waals surface area (Å²) in [6.45, 7) is 1.71. The quantitative estimate of drug-likeness (QED) is 0.562. The number of hydrogen-bond acceptors (Lipinski definition) is 4. The maximum absolute atomic E-state index is 11.9. The number of aryl methyl sites for hydroxylation is 1. The number of carbonyl (C=O) groups is 3. The summed E-state index contributed by atoms with van der Waals surface area (Å²) in [4.78, 5) is 35.4. The molecule has 0 bridgehead atoms. The van der Waals surface area contributed by atoms with Crippen molar-refractivity contribution in [3.8, 4) is 0 Å². The third-order valence-electron chi connectivity index (χ3n) is 3.92. The molecule has 6 nitrogen and oxygen atoms in total. The minimum atomic E-state index is -0.507. The van der Waals surface area contributed by atoms with E-state index in [0.717, 1.165) is 10.9 Å². The van der Waals surface area contributed by atoms with Crippen LogP contribution in [0.15, 0.2) is 53.0 Å². The zero-order chi connectivity index (χ0) is 20.4. The number of anilines is 2. The van der Waals surface area contributed by atoms with E-state index in [1.165, 1.54) is 5.56 Å². The van der Waals surface area contributed by atoms with E-state index in [1.807, 2.05) is 36.4 Å². The van der Waals surface area contributed by atoms with Crippen LogP contribution in [-0.4, -0.2) is 24.4 Å². The minimum Gasteiger partial charge on any atom is -0.456 e. The molecule has 2 rings (SSSR count). The molecule has 0 saturated carbocycles. The fourth-order valence-electron chi connectivity index (χ4n) is 2.39. The second-order valence-electron chi connectivity index (χ2n) is 6.17. The van der Waals surface area contributed by atoms with Gasteiger partial charge in [0.15, 0.2) is 6.61 Å². The van der Waals surface area contributed by atoms with Crippen molar-refractivity contribution in [2.45, 2.75) is 32.6 Å². The Morgan fingerprint density at radius 3 is 2.04 bits per heavy atom. The van der Waals surface area contributed by atoms with Crippen LogP contribution in [0.3, 0.4) is 0 Å². The third-order valence-corrected chi connectivity index (χ3v) is 4.45. The lowest BCUT2D eigenvalue weighted by Gasteiger charge is -2.08. The molecule has 0 atom stereocenters. The van der Waals surface area contributed by atoms with Gasteiger partial charge in [-0.05, 0) is 54.8 Å². The van der Waals surface area contributed by atoms with Crippen molar-refractivity contribution in [2.75, 3.05) is 17.2 Å². The summed E-state index contributed by atoms with van der Waals surface area (Å²) in [6.07, 6.45) is 1.54. The SMILES string of the molecule is CCc1ccc(NC(=O)COC(=O)CCCC(=O)Nc2ccc(Br)cc2)cc1. The standard InChI is InChI=1S/C21H23BrN2O4/c1-2-15-6-10-17(11-7-15)24-20(26)14-28-21(27)5-3-4-19(25)23-18-12-8-16(22)9-13-18/h6-13H,2-5,14H2,1H3,(H,23,25)(H,24,26). The molecular formula is C21H23BrN2O4. The Labute approximate surface area is 172 Å². The molecular weight excluding hydrogens is 424 g/mol. The van der Waals surface area contributed by atoms with E-state index in [-0.39, 0.29) is 25.4 Å². The number of benzene rings is 2. The smallest absolute Gasteiger partial charge is 0.306 e. The Kier molecular flexibility index (Phi) is 8.68. The minimum absolute atomic E-state index is 0.0756. The summed E-state index contributed by atoms with van der Waals surface area (Å²) in [5, 5.41) is 5.42. The van der Waals surface area contributed by atoms with Gasteiger partial charge in [-0.15, -0.1) is 0 Å². The van der Waals surface area contributed by atoms with Crippen LogP contribution in [0.1, 0.15) is 31.7 Å². The fourth-order valence-corrected chi connectivity index (χ4v) is 2.65. The topological polar surface area (TPSA) is 84.5 Å². The predicted octanol–water partition coefficient (Wildman–Crippen LogP) is 4.30. The molecule has 0 aromatic heterocycles. The molecule has 0 radical (unpaired) electrons. The van der Waals surface area contributed by atoms with Gasteiger partial charge in [-0.3, -0.25) is 14.4 Å². The molecule has 0 heterocycles.